The van der Waals surface area contributed by atoms with E-state index in [1.165, 1.54) is 17.4 Å². The minimum atomic E-state index is -1.17. The summed E-state index contributed by atoms with van der Waals surface area (Å²) < 4.78 is 0. The van der Waals surface area contributed by atoms with E-state index in [2.05, 4.69) is 5.32 Å². The second-order valence-electron chi connectivity index (χ2n) is 4.13. The average molecular weight is 287 g/mol. The lowest BCUT2D eigenvalue weighted by Crippen LogP contribution is -2.27. The monoisotopic (exact) mass is 287 g/mol. The molecule has 0 aliphatic heterocycles. The molecule has 1 aromatic heterocycles. The van der Waals surface area contributed by atoms with Crippen LogP contribution in [0.15, 0.2) is 48.2 Å². The Balaban J connectivity index is 2.20. The maximum Gasteiger partial charge on any atom is 0.352 e. The number of thiophene rings is 1. The number of aliphatic carboxylic acids is 1. The standard InChI is InChI=1S/C15H13NO3S/c1-10-7-8-12(20-10)9-13(15(18)19)16-14(17)11-5-3-2-4-6-11/h2-9H,1H3,(H,16,17)(H,18,19). The Morgan fingerprint density at radius 2 is 1.85 bits per heavy atom. The van der Waals surface area contributed by atoms with Gasteiger partial charge in [-0.3, -0.25) is 4.79 Å². The van der Waals surface area contributed by atoms with E-state index in [1.807, 2.05) is 19.1 Å². The molecule has 1 heterocycles. The molecule has 0 aliphatic rings. The van der Waals surface area contributed by atoms with Gasteiger partial charge >= 0.3 is 5.97 Å². The lowest BCUT2D eigenvalue weighted by Gasteiger charge is -2.05. The van der Waals surface area contributed by atoms with Crippen molar-refractivity contribution >= 4 is 29.3 Å². The van der Waals surface area contributed by atoms with Crippen LogP contribution in [0.3, 0.4) is 0 Å². The lowest BCUT2D eigenvalue weighted by atomic mass is 10.2. The number of carboxylic acids is 1. The molecule has 1 amide bonds. The largest absolute Gasteiger partial charge is 0.477 e. The van der Waals surface area contributed by atoms with Gasteiger partial charge < -0.3 is 10.4 Å². The Morgan fingerprint density at radius 3 is 2.40 bits per heavy atom. The molecule has 2 rings (SSSR count). The van der Waals surface area contributed by atoms with E-state index in [0.717, 1.165) is 9.75 Å². The van der Waals surface area contributed by atoms with Crippen LogP contribution in [0, 0.1) is 6.92 Å². The summed E-state index contributed by atoms with van der Waals surface area (Å²) in [5, 5.41) is 11.6. The number of benzene rings is 1. The predicted octanol–water partition coefficient (Wildman–Crippen LogP) is 2.91. The first kappa shape index (κ1) is 14.0. The third-order valence-electron chi connectivity index (χ3n) is 2.56. The summed E-state index contributed by atoms with van der Waals surface area (Å²) in [6.07, 6.45) is 1.46. The maximum atomic E-state index is 11.9. The van der Waals surface area contributed by atoms with Crippen molar-refractivity contribution in [3.8, 4) is 0 Å². The second kappa shape index (κ2) is 6.16. The first-order valence-electron chi connectivity index (χ1n) is 5.94. The highest BCUT2D eigenvalue weighted by Crippen LogP contribution is 2.18. The molecule has 0 fully saturated rings. The van der Waals surface area contributed by atoms with Crippen molar-refractivity contribution in [3.63, 3.8) is 0 Å². The molecule has 2 aromatic rings. The van der Waals surface area contributed by atoms with E-state index in [1.54, 1.807) is 30.3 Å². The molecule has 5 heteroatoms. The van der Waals surface area contributed by atoms with Crippen LogP contribution in [-0.2, 0) is 4.79 Å². The molecule has 0 radical (unpaired) electrons. The molecule has 0 saturated heterocycles. The highest BCUT2D eigenvalue weighted by atomic mass is 32.1. The summed E-state index contributed by atoms with van der Waals surface area (Å²) in [6, 6.07) is 12.2. The van der Waals surface area contributed by atoms with Gasteiger partial charge in [0.2, 0.25) is 0 Å². The number of hydrogen-bond donors (Lipinski definition) is 2. The Morgan fingerprint density at radius 1 is 1.15 bits per heavy atom. The molecule has 0 unspecified atom stereocenters. The van der Waals surface area contributed by atoms with Crippen LogP contribution in [0.25, 0.3) is 6.08 Å². The third-order valence-corrected chi connectivity index (χ3v) is 3.51. The molecule has 0 bridgehead atoms. The van der Waals surface area contributed by atoms with Gasteiger partial charge in [0, 0.05) is 15.3 Å². The number of rotatable bonds is 4. The van der Waals surface area contributed by atoms with Crippen LogP contribution in [0.5, 0.6) is 0 Å². The zero-order valence-electron chi connectivity index (χ0n) is 10.8. The van der Waals surface area contributed by atoms with Gasteiger partial charge in [-0.2, -0.15) is 0 Å². The van der Waals surface area contributed by atoms with E-state index in [4.69, 9.17) is 5.11 Å². The Hall–Kier alpha value is -2.40. The number of amides is 1. The summed E-state index contributed by atoms with van der Waals surface area (Å²) in [4.78, 5) is 25.0. The normalized spacial score (nSPS) is 11.2. The smallest absolute Gasteiger partial charge is 0.352 e. The van der Waals surface area contributed by atoms with Crippen molar-refractivity contribution in [2.45, 2.75) is 6.92 Å². The summed E-state index contributed by atoms with van der Waals surface area (Å²) in [6.45, 7) is 1.94. The first-order chi connectivity index (χ1) is 9.56. The molecule has 0 aliphatic carbocycles. The van der Waals surface area contributed by atoms with Gasteiger partial charge in [0.25, 0.3) is 5.91 Å². The fraction of sp³-hybridized carbons (Fsp3) is 0.0667. The fourth-order valence-electron chi connectivity index (χ4n) is 1.61. The Bertz CT molecular complexity index is 659. The molecule has 0 atom stereocenters. The van der Waals surface area contributed by atoms with Gasteiger partial charge in [-0.25, -0.2) is 4.79 Å². The van der Waals surface area contributed by atoms with E-state index in [9.17, 15) is 9.59 Å². The van der Waals surface area contributed by atoms with E-state index >= 15 is 0 Å². The van der Waals surface area contributed by atoms with Crippen molar-refractivity contribution in [2.75, 3.05) is 0 Å². The van der Waals surface area contributed by atoms with Crippen LogP contribution in [0.1, 0.15) is 20.1 Å². The van der Waals surface area contributed by atoms with Crippen molar-refractivity contribution < 1.29 is 14.7 Å². The molecule has 2 N–H and O–H groups in total. The first-order valence-corrected chi connectivity index (χ1v) is 6.76. The molecular formula is C15H13NO3S. The quantitative estimate of drug-likeness (QED) is 0.850. The number of hydrogen-bond acceptors (Lipinski definition) is 3. The van der Waals surface area contributed by atoms with Gasteiger partial charge in [0.05, 0.1) is 0 Å². The topological polar surface area (TPSA) is 66.4 Å². The molecule has 0 spiro atoms. The Labute approximate surface area is 120 Å². The van der Waals surface area contributed by atoms with Crippen LogP contribution in [0.4, 0.5) is 0 Å². The maximum absolute atomic E-state index is 11.9. The van der Waals surface area contributed by atoms with Crippen LogP contribution in [0.2, 0.25) is 0 Å². The minimum absolute atomic E-state index is 0.138. The van der Waals surface area contributed by atoms with E-state index in [0.29, 0.717) is 5.56 Å². The van der Waals surface area contributed by atoms with Gasteiger partial charge in [-0.05, 0) is 37.3 Å². The highest BCUT2D eigenvalue weighted by molar-refractivity contribution is 7.12. The van der Waals surface area contributed by atoms with Crippen LogP contribution < -0.4 is 5.32 Å². The van der Waals surface area contributed by atoms with Gasteiger partial charge in [0.15, 0.2) is 0 Å². The summed E-state index contributed by atoms with van der Waals surface area (Å²) >= 11 is 1.47. The van der Waals surface area contributed by atoms with Crippen molar-refractivity contribution in [2.24, 2.45) is 0 Å². The lowest BCUT2D eigenvalue weighted by molar-refractivity contribution is -0.132. The van der Waals surface area contributed by atoms with Crippen molar-refractivity contribution in [1.29, 1.82) is 0 Å². The molecule has 20 heavy (non-hydrogen) atoms. The van der Waals surface area contributed by atoms with Crippen molar-refractivity contribution in [3.05, 3.63) is 63.5 Å². The predicted molar refractivity (Wildman–Crippen MR) is 78.6 cm³/mol. The highest BCUT2D eigenvalue weighted by Gasteiger charge is 2.13. The summed E-state index contributed by atoms with van der Waals surface area (Å²) in [5.41, 5.74) is 0.280. The third kappa shape index (κ3) is 3.55. The zero-order valence-corrected chi connectivity index (χ0v) is 11.6. The molecule has 102 valence electrons. The fourth-order valence-corrected chi connectivity index (χ4v) is 2.43. The Kier molecular flexibility index (Phi) is 4.32. The zero-order chi connectivity index (χ0) is 14.5. The van der Waals surface area contributed by atoms with Gasteiger partial charge in [-0.1, -0.05) is 18.2 Å². The van der Waals surface area contributed by atoms with Crippen LogP contribution in [-0.4, -0.2) is 17.0 Å². The second-order valence-corrected chi connectivity index (χ2v) is 5.45. The van der Waals surface area contributed by atoms with E-state index < -0.39 is 11.9 Å². The summed E-state index contributed by atoms with van der Waals surface area (Å²) in [7, 11) is 0. The van der Waals surface area contributed by atoms with Gasteiger partial charge in [-0.15, -0.1) is 11.3 Å². The number of carbonyl (C=O) groups is 2. The number of aryl methyl sites for hydroxylation is 1. The molecule has 4 nitrogen and oxygen atoms in total. The van der Waals surface area contributed by atoms with E-state index in [-0.39, 0.29) is 5.70 Å². The summed E-state index contributed by atoms with van der Waals surface area (Å²) in [5.74, 6) is -1.60. The SMILES string of the molecule is Cc1ccc(C=C(NC(=O)c2ccccc2)C(=O)O)s1. The number of carboxylic acid groups (broad SMARTS) is 1. The average Bonchev–Trinajstić information content (AvgIpc) is 2.84. The number of nitrogens with one attached hydrogen (secondary N) is 1. The number of carbonyl (C=O) groups excluding carboxylic acids is 1. The van der Waals surface area contributed by atoms with Crippen LogP contribution >= 0.6 is 11.3 Å². The van der Waals surface area contributed by atoms with Gasteiger partial charge in [0.1, 0.15) is 5.70 Å². The molecule has 1 aromatic carbocycles. The molecular weight excluding hydrogens is 274 g/mol. The molecule has 0 saturated carbocycles. The van der Waals surface area contributed by atoms with Crippen molar-refractivity contribution in [1.82, 2.24) is 5.32 Å². The minimum Gasteiger partial charge on any atom is -0.477 e.